The van der Waals surface area contributed by atoms with E-state index in [1.807, 2.05) is 42.2 Å². The fourth-order valence-electron chi connectivity index (χ4n) is 2.83. The van der Waals surface area contributed by atoms with Crippen LogP contribution in [0.15, 0.2) is 30.3 Å². The Balaban J connectivity index is 1.99. The van der Waals surface area contributed by atoms with Crippen molar-refractivity contribution in [2.75, 3.05) is 6.54 Å². The highest BCUT2D eigenvalue weighted by molar-refractivity contribution is 5.82. The van der Waals surface area contributed by atoms with Gasteiger partial charge in [0.1, 0.15) is 0 Å². The van der Waals surface area contributed by atoms with Gasteiger partial charge in [-0.2, -0.15) is 0 Å². The van der Waals surface area contributed by atoms with Crippen molar-refractivity contribution >= 4 is 5.91 Å². The van der Waals surface area contributed by atoms with E-state index in [9.17, 15) is 9.90 Å². The van der Waals surface area contributed by atoms with Gasteiger partial charge < -0.3 is 15.7 Å². The van der Waals surface area contributed by atoms with E-state index in [1.54, 1.807) is 0 Å². The molecule has 0 spiro atoms. The number of aliphatic hydroxyl groups excluding tert-OH is 1. The summed E-state index contributed by atoms with van der Waals surface area (Å²) < 4.78 is 0. The van der Waals surface area contributed by atoms with Crippen molar-refractivity contribution in [2.24, 2.45) is 5.73 Å². The molecule has 0 radical (unpaired) electrons. The van der Waals surface area contributed by atoms with Crippen LogP contribution in [0.3, 0.4) is 0 Å². The molecule has 3 N–H and O–H groups in total. The highest BCUT2D eigenvalue weighted by Crippen LogP contribution is 2.27. The molecule has 20 heavy (non-hydrogen) atoms. The number of rotatable bonds is 5. The molecule has 1 saturated heterocycles. The lowest BCUT2D eigenvalue weighted by molar-refractivity contribution is -0.133. The second kappa shape index (κ2) is 6.86. The number of carbonyl (C=O) groups excluding carboxylic acids is 1. The van der Waals surface area contributed by atoms with Crippen LogP contribution in [0.2, 0.25) is 0 Å². The normalized spacial score (nSPS) is 21.8. The first-order valence-electron chi connectivity index (χ1n) is 7.42. The molecular weight excluding hydrogens is 252 g/mol. The maximum absolute atomic E-state index is 12.2. The number of hydrogen-bond acceptors (Lipinski definition) is 3. The first kappa shape index (κ1) is 15.0. The molecule has 1 aromatic rings. The quantitative estimate of drug-likeness (QED) is 0.862. The molecule has 0 bridgehead atoms. The van der Waals surface area contributed by atoms with Gasteiger partial charge in [0.25, 0.3) is 0 Å². The first-order valence-corrected chi connectivity index (χ1v) is 7.42. The van der Waals surface area contributed by atoms with Gasteiger partial charge in [0.15, 0.2) is 0 Å². The van der Waals surface area contributed by atoms with Gasteiger partial charge in [-0.1, -0.05) is 37.3 Å². The van der Waals surface area contributed by atoms with Gasteiger partial charge in [-0.25, -0.2) is 0 Å². The summed E-state index contributed by atoms with van der Waals surface area (Å²) in [6.07, 6.45) is 2.67. The summed E-state index contributed by atoms with van der Waals surface area (Å²) in [4.78, 5) is 14.1. The summed E-state index contributed by atoms with van der Waals surface area (Å²) in [5, 5.41) is 10.3. The Kier molecular flexibility index (Phi) is 5.15. The Bertz CT molecular complexity index is 435. The van der Waals surface area contributed by atoms with Crippen molar-refractivity contribution in [3.8, 4) is 0 Å². The lowest BCUT2D eigenvalue weighted by atomic mass is 10.00. The second-order valence-corrected chi connectivity index (χ2v) is 5.50. The van der Waals surface area contributed by atoms with E-state index in [0.717, 1.165) is 24.9 Å². The van der Waals surface area contributed by atoms with Crippen molar-refractivity contribution in [3.63, 3.8) is 0 Å². The molecule has 1 fully saturated rings. The summed E-state index contributed by atoms with van der Waals surface area (Å²) in [6.45, 7) is 2.69. The minimum absolute atomic E-state index is 0.0234. The van der Waals surface area contributed by atoms with Crippen molar-refractivity contribution in [1.29, 1.82) is 0 Å². The summed E-state index contributed by atoms with van der Waals surface area (Å²) in [7, 11) is 0. The molecular formula is C16H24N2O2. The average Bonchev–Trinajstić information content (AvgIpc) is 2.94. The van der Waals surface area contributed by atoms with E-state index in [0.29, 0.717) is 12.8 Å². The second-order valence-electron chi connectivity index (χ2n) is 5.50. The fourth-order valence-corrected chi connectivity index (χ4v) is 2.83. The van der Waals surface area contributed by atoms with Gasteiger partial charge in [-0.05, 0) is 31.2 Å². The van der Waals surface area contributed by atoms with Crippen LogP contribution in [0.25, 0.3) is 0 Å². The Labute approximate surface area is 120 Å². The molecule has 4 heteroatoms. The van der Waals surface area contributed by atoms with Gasteiger partial charge in [-0.3, -0.25) is 4.79 Å². The van der Waals surface area contributed by atoms with Crippen LogP contribution in [0, 0.1) is 0 Å². The van der Waals surface area contributed by atoms with Crippen molar-refractivity contribution in [1.82, 2.24) is 4.90 Å². The van der Waals surface area contributed by atoms with Crippen LogP contribution in [0.5, 0.6) is 0 Å². The number of carbonyl (C=O) groups is 1. The van der Waals surface area contributed by atoms with E-state index in [1.165, 1.54) is 0 Å². The standard InChI is InChI=1S/C16H24N2O2/c1-2-14(17)16(20)18-10-6-9-13(18)11-15(19)12-7-4-3-5-8-12/h3-5,7-8,13-15,19H,2,6,9-11,17H2,1H3/t13-,14-,15-/m0/s1. The molecule has 1 amide bonds. The van der Waals surface area contributed by atoms with Crippen molar-refractivity contribution in [2.45, 2.75) is 50.8 Å². The molecule has 1 heterocycles. The number of likely N-dealkylation sites (tertiary alicyclic amines) is 1. The van der Waals surface area contributed by atoms with E-state index in [4.69, 9.17) is 5.73 Å². The van der Waals surface area contributed by atoms with Crippen LogP contribution in [-0.2, 0) is 4.79 Å². The zero-order valence-electron chi connectivity index (χ0n) is 12.0. The van der Waals surface area contributed by atoms with E-state index >= 15 is 0 Å². The van der Waals surface area contributed by atoms with E-state index < -0.39 is 12.1 Å². The molecule has 0 aliphatic carbocycles. The summed E-state index contributed by atoms with van der Waals surface area (Å²) >= 11 is 0. The summed E-state index contributed by atoms with van der Waals surface area (Å²) in [5.41, 5.74) is 6.76. The number of hydrogen-bond donors (Lipinski definition) is 2. The smallest absolute Gasteiger partial charge is 0.239 e. The molecule has 3 atom stereocenters. The monoisotopic (exact) mass is 276 g/mol. The topological polar surface area (TPSA) is 66.6 Å². The lowest BCUT2D eigenvalue weighted by Gasteiger charge is -2.28. The Morgan fingerprint density at radius 1 is 1.45 bits per heavy atom. The lowest BCUT2D eigenvalue weighted by Crippen LogP contribution is -2.46. The third kappa shape index (κ3) is 3.38. The predicted octanol–water partition coefficient (Wildman–Crippen LogP) is 1.84. The van der Waals surface area contributed by atoms with Gasteiger partial charge in [0.05, 0.1) is 12.1 Å². The molecule has 1 aliphatic heterocycles. The predicted molar refractivity (Wildman–Crippen MR) is 79.0 cm³/mol. The Hall–Kier alpha value is -1.39. The van der Waals surface area contributed by atoms with Crippen LogP contribution in [0.1, 0.15) is 44.3 Å². The van der Waals surface area contributed by atoms with Crippen LogP contribution >= 0.6 is 0 Å². The minimum Gasteiger partial charge on any atom is -0.388 e. The molecule has 110 valence electrons. The SMILES string of the molecule is CC[C@H](N)C(=O)N1CCC[C@H]1C[C@H](O)c1ccccc1. The molecule has 2 rings (SSSR count). The minimum atomic E-state index is -0.521. The van der Waals surface area contributed by atoms with Gasteiger partial charge >= 0.3 is 0 Å². The van der Waals surface area contributed by atoms with Crippen molar-refractivity contribution < 1.29 is 9.90 Å². The molecule has 4 nitrogen and oxygen atoms in total. The maximum atomic E-state index is 12.2. The molecule has 1 aliphatic rings. The number of aliphatic hydroxyl groups is 1. The highest BCUT2D eigenvalue weighted by Gasteiger charge is 2.32. The third-order valence-corrected chi connectivity index (χ3v) is 4.10. The van der Waals surface area contributed by atoms with Crippen LogP contribution in [-0.4, -0.2) is 34.5 Å². The largest absolute Gasteiger partial charge is 0.388 e. The molecule has 0 unspecified atom stereocenters. The molecule has 1 aromatic carbocycles. The maximum Gasteiger partial charge on any atom is 0.239 e. The zero-order chi connectivity index (χ0) is 14.5. The van der Waals surface area contributed by atoms with Crippen LogP contribution in [0.4, 0.5) is 0 Å². The van der Waals surface area contributed by atoms with Crippen LogP contribution < -0.4 is 5.73 Å². The van der Waals surface area contributed by atoms with E-state index in [2.05, 4.69) is 0 Å². The Morgan fingerprint density at radius 2 is 2.15 bits per heavy atom. The number of nitrogens with two attached hydrogens (primary N) is 1. The Morgan fingerprint density at radius 3 is 2.80 bits per heavy atom. The van der Waals surface area contributed by atoms with Gasteiger partial charge in [-0.15, -0.1) is 0 Å². The first-order chi connectivity index (χ1) is 9.63. The number of nitrogens with zero attached hydrogens (tertiary/aromatic N) is 1. The summed E-state index contributed by atoms with van der Waals surface area (Å²) in [5.74, 6) is 0.0234. The number of amides is 1. The highest BCUT2D eigenvalue weighted by atomic mass is 16.3. The van der Waals surface area contributed by atoms with Crippen molar-refractivity contribution in [3.05, 3.63) is 35.9 Å². The molecule has 0 saturated carbocycles. The van der Waals surface area contributed by atoms with Gasteiger partial charge in [0.2, 0.25) is 5.91 Å². The molecule has 0 aromatic heterocycles. The summed E-state index contributed by atoms with van der Waals surface area (Å²) in [6, 6.07) is 9.31. The zero-order valence-corrected chi connectivity index (χ0v) is 12.0. The van der Waals surface area contributed by atoms with Gasteiger partial charge in [0, 0.05) is 12.6 Å². The number of benzene rings is 1. The average molecular weight is 276 g/mol. The van der Waals surface area contributed by atoms with E-state index in [-0.39, 0.29) is 11.9 Å². The fraction of sp³-hybridized carbons (Fsp3) is 0.562. The third-order valence-electron chi connectivity index (χ3n) is 4.10.